The van der Waals surface area contributed by atoms with Gasteiger partial charge < -0.3 is 14.0 Å². The van der Waals surface area contributed by atoms with Crippen LogP contribution in [-0.4, -0.2) is 32.2 Å². The van der Waals surface area contributed by atoms with Crippen LogP contribution in [0.25, 0.3) is 0 Å². The number of hydrogen-bond acceptors (Lipinski definition) is 5. The number of benzene rings is 2. The van der Waals surface area contributed by atoms with Crippen LogP contribution in [0.2, 0.25) is 5.02 Å². The fourth-order valence-corrected chi connectivity index (χ4v) is 4.73. The Hall–Kier alpha value is -2.76. The smallest absolute Gasteiger partial charge is 0.416 e. The molecule has 0 aliphatic rings. The van der Waals surface area contributed by atoms with Crippen LogP contribution < -0.4 is 14.2 Å². The summed E-state index contributed by atoms with van der Waals surface area (Å²) in [4.78, 5) is 3.50. The van der Waals surface area contributed by atoms with Crippen LogP contribution in [0.15, 0.2) is 53.7 Å². The Morgan fingerprint density at radius 3 is 2.22 bits per heavy atom. The Balaban J connectivity index is 2.14. The second-order valence-corrected chi connectivity index (χ2v) is 8.83. The van der Waals surface area contributed by atoms with E-state index in [-0.39, 0.29) is 10.8 Å². The first-order valence-corrected chi connectivity index (χ1v) is 10.9. The van der Waals surface area contributed by atoms with Gasteiger partial charge in [-0.1, -0.05) is 11.6 Å². The number of sulfonamides is 1. The standard InChI is InChI=1S/C20H19ClF3N3O4S/c1-27-7-6-25-19(27)18(12-8-14(30-2)11-15(9-12)31-3)26-32(28,29)17-10-13(20(22,23)24)4-5-16(17)21/h4-11,18,26H,1-3H3/t18-/m1/s1. The molecule has 1 heterocycles. The Bertz CT molecular complexity index is 1210. The number of nitrogens with one attached hydrogen (secondary N) is 1. The van der Waals surface area contributed by atoms with Gasteiger partial charge in [0.15, 0.2) is 0 Å². The van der Waals surface area contributed by atoms with Crippen molar-refractivity contribution in [1.29, 1.82) is 0 Å². The van der Waals surface area contributed by atoms with Gasteiger partial charge in [0.25, 0.3) is 0 Å². The Labute approximate surface area is 187 Å². The van der Waals surface area contributed by atoms with Gasteiger partial charge in [-0.2, -0.15) is 17.9 Å². The molecule has 0 fully saturated rings. The molecule has 12 heteroatoms. The third kappa shape index (κ3) is 5.00. The molecule has 7 nitrogen and oxygen atoms in total. The zero-order valence-corrected chi connectivity index (χ0v) is 18.7. The van der Waals surface area contributed by atoms with Crippen molar-refractivity contribution < 1.29 is 31.1 Å². The number of aromatic nitrogens is 2. The lowest BCUT2D eigenvalue weighted by Crippen LogP contribution is -2.31. The average molecular weight is 490 g/mol. The molecule has 0 amide bonds. The van der Waals surface area contributed by atoms with Crippen molar-refractivity contribution in [1.82, 2.24) is 14.3 Å². The number of nitrogens with zero attached hydrogens (tertiary/aromatic N) is 2. The molecule has 0 unspecified atom stereocenters. The minimum Gasteiger partial charge on any atom is -0.497 e. The average Bonchev–Trinajstić information content (AvgIpc) is 3.16. The topological polar surface area (TPSA) is 82.4 Å². The zero-order chi connectivity index (χ0) is 23.7. The van der Waals surface area contributed by atoms with E-state index in [1.54, 1.807) is 36.0 Å². The van der Waals surface area contributed by atoms with E-state index in [4.69, 9.17) is 21.1 Å². The molecule has 0 bridgehead atoms. The second-order valence-electron chi connectivity index (χ2n) is 6.74. The van der Waals surface area contributed by atoms with E-state index in [2.05, 4.69) is 9.71 Å². The van der Waals surface area contributed by atoms with Gasteiger partial charge in [-0.3, -0.25) is 0 Å². The van der Waals surface area contributed by atoms with Crippen LogP contribution in [0.3, 0.4) is 0 Å². The molecule has 1 atom stereocenters. The number of methoxy groups -OCH3 is 2. The molecule has 172 valence electrons. The fourth-order valence-electron chi connectivity index (χ4n) is 3.03. The molecule has 1 aromatic heterocycles. The first-order chi connectivity index (χ1) is 15.0. The first kappa shape index (κ1) is 23.9. The molecule has 3 aromatic rings. The number of hydrogen-bond donors (Lipinski definition) is 1. The van der Waals surface area contributed by atoms with Crippen LogP contribution in [0.4, 0.5) is 13.2 Å². The maximum absolute atomic E-state index is 13.2. The van der Waals surface area contributed by atoms with E-state index < -0.39 is 32.7 Å². The van der Waals surface area contributed by atoms with Crippen LogP contribution in [-0.2, 0) is 23.2 Å². The maximum Gasteiger partial charge on any atom is 0.416 e. The van der Waals surface area contributed by atoms with Gasteiger partial charge >= 0.3 is 6.18 Å². The van der Waals surface area contributed by atoms with Crippen molar-refractivity contribution in [2.45, 2.75) is 17.1 Å². The highest BCUT2D eigenvalue weighted by Gasteiger charge is 2.34. The number of ether oxygens (including phenoxy) is 2. The van der Waals surface area contributed by atoms with Gasteiger partial charge in [0.05, 0.1) is 24.8 Å². The van der Waals surface area contributed by atoms with E-state index >= 15 is 0 Å². The summed E-state index contributed by atoms with van der Waals surface area (Å²) in [5, 5.41) is -0.354. The Morgan fingerprint density at radius 1 is 1.09 bits per heavy atom. The predicted molar refractivity (Wildman–Crippen MR) is 111 cm³/mol. The zero-order valence-electron chi connectivity index (χ0n) is 17.1. The minimum atomic E-state index is -4.74. The highest BCUT2D eigenvalue weighted by Crippen LogP contribution is 2.35. The summed E-state index contributed by atoms with van der Waals surface area (Å²) in [6.07, 6.45) is -1.68. The highest BCUT2D eigenvalue weighted by atomic mass is 35.5. The number of halogens is 4. The molecule has 0 aliphatic carbocycles. The van der Waals surface area contributed by atoms with Crippen molar-refractivity contribution >= 4 is 21.6 Å². The maximum atomic E-state index is 13.2. The van der Waals surface area contributed by atoms with Gasteiger partial charge in [0, 0.05) is 25.5 Å². The molecule has 0 saturated heterocycles. The fraction of sp³-hybridized carbons (Fsp3) is 0.250. The van der Waals surface area contributed by atoms with Crippen LogP contribution in [0, 0.1) is 0 Å². The van der Waals surface area contributed by atoms with E-state index in [1.807, 2.05) is 0 Å². The summed E-state index contributed by atoms with van der Waals surface area (Å²) in [5.74, 6) is 1.05. The van der Waals surface area contributed by atoms with Gasteiger partial charge in [0.2, 0.25) is 10.0 Å². The van der Waals surface area contributed by atoms with Crippen molar-refractivity contribution in [3.05, 3.63) is 70.8 Å². The minimum absolute atomic E-state index is 0.284. The normalized spacial score (nSPS) is 13.1. The molecule has 3 rings (SSSR count). The molecule has 2 aromatic carbocycles. The monoisotopic (exact) mass is 489 g/mol. The van der Waals surface area contributed by atoms with Gasteiger partial charge in [-0.25, -0.2) is 13.4 Å². The number of alkyl halides is 3. The Morgan fingerprint density at radius 2 is 1.72 bits per heavy atom. The summed E-state index contributed by atoms with van der Waals surface area (Å²) < 4.78 is 80.3. The largest absolute Gasteiger partial charge is 0.497 e. The van der Waals surface area contributed by atoms with Gasteiger partial charge in [-0.15, -0.1) is 0 Å². The third-order valence-electron chi connectivity index (χ3n) is 4.64. The van der Waals surface area contributed by atoms with E-state index in [1.165, 1.54) is 20.4 Å². The van der Waals surface area contributed by atoms with Crippen molar-refractivity contribution in [2.24, 2.45) is 7.05 Å². The molecule has 0 radical (unpaired) electrons. The second kappa shape index (κ2) is 9.00. The number of aryl methyl sites for hydroxylation is 1. The summed E-state index contributed by atoms with van der Waals surface area (Å²) in [7, 11) is -0.00596. The summed E-state index contributed by atoms with van der Waals surface area (Å²) >= 11 is 5.96. The van der Waals surface area contributed by atoms with Gasteiger partial charge in [0.1, 0.15) is 28.3 Å². The molecule has 0 spiro atoms. The number of imidazole rings is 1. The number of rotatable bonds is 7. The van der Waals surface area contributed by atoms with E-state index in [9.17, 15) is 21.6 Å². The summed E-state index contributed by atoms with van der Waals surface area (Å²) in [6.45, 7) is 0. The van der Waals surface area contributed by atoms with Crippen LogP contribution >= 0.6 is 11.6 Å². The lowest BCUT2D eigenvalue weighted by Gasteiger charge is -2.21. The summed E-state index contributed by atoms with van der Waals surface area (Å²) in [6, 6.07) is 5.74. The third-order valence-corrected chi connectivity index (χ3v) is 6.55. The quantitative estimate of drug-likeness (QED) is 0.538. The first-order valence-electron chi connectivity index (χ1n) is 9.05. The highest BCUT2D eigenvalue weighted by molar-refractivity contribution is 7.89. The molecular weight excluding hydrogens is 471 g/mol. The Kier molecular flexibility index (Phi) is 6.72. The van der Waals surface area contributed by atoms with Crippen LogP contribution in [0.5, 0.6) is 11.5 Å². The molecular formula is C20H19ClF3N3O4S. The van der Waals surface area contributed by atoms with Crippen molar-refractivity contribution in [3.8, 4) is 11.5 Å². The summed E-state index contributed by atoms with van der Waals surface area (Å²) in [5.41, 5.74) is -0.749. The molecule has 1 N–H and O–H groups in total. The lowest BCUT2D eigenvalue weighted by molar-refractivity contribution is -0.137. The lowest BCUT2D eigenvalue weighted by atomic mass is 10.1. The van der Waals surface area contributed by atoms with E-state index in [0.717, 1.165) is 6.07 Å². The van der Waals surface area contributed by atoms with Gasteiger partial charge in [-0.05, 0) is 35.9 Å². The predicted octanol–water partition coefficient (Wildman–Crippen LogP) is 4.18. The molecule has 32 heavy (non-hydrogen) atoms. The van der Waals surface area contributed by atoms with E-state index in [0.29, 0.717) is 29.2 Å². The SMILES string of the molecule is COc1cc(OC)cc([C@@H](NS(=O)(=O)c2cc(C(F)(F)F)ccc2Cl)c2nccn2C)c1. The molecule has 0 aliphatic heterocycles. The molecule has 0 saturated carbocycles. The van der Waals surface area contributed by atoms with Crippen LogP contribution in [0.1, 0.15) is 23.0 Å². The van der Waals surface area contributed by atoms with Crippen molar-refractivity contribution in [3.63, 3.8) is 0 Å². The van der Waals surface area contributed by atoms with Crippen molar-refractivity contribution in [2.75, 3.05) is 14.2 Å².